The lowest BCUT2D eigenvalue weighted by Crippen LogP contribution is -2.51. The lowest BCUT2D eigenvalue weighted by Gasteiger charge is -2.58. The number of aliphatic hydroxyl groups is 1. The zero-order chi connectivity index (χ0) is 20.1. The van der Waals surface area contributed by atoms with Gasteiger partial charge in [0.1, 0.15) is 0 Å². The van der Waals surface area contributed by atoms with E-state index < -0.39 is 0 Å². The van der Waals surface area contributed by atoms with E-state index in [2.05, 4.69) is 38.7 Å². The second kappa shape index (κ2) is 6.35. The van der Waals surface area contributed by atoms with Crippen molar-refractivity contribution in [3.05, 3.63) is 11.6 Å². The van der Waals surface area contributed by atoms with Crippen LogP contribution in [0.1, 0.15) is 85.5 Å². The first-order chi connectivity index (χ1) is 13.8. The highest BCUT2D eigenvalue weighted by atomic mass is 16.3. The van der Waals surface area contributed by atoms with Crippen LogP contribution in [0.5, 0.6) is 0 Å². The summed E-state index contributed by atoms with van der Waals surface area (Å²) in [6.07, 6.45) is 14.3. The monoisotopic (exact) mass is 397 g/mol. The number of piperidine rings is 1. The van der Waals surface area contributed by atoms with Crippen molar-refractivity contribution in [1.29, 1.82) is 0 Å². The van der Waals surface area contributed by atoms with Crippen molar-refractivity contribution in [3.63, 3.8) is 0 Å². The van der Waals surface area contributed by atoms with E-state index in [0.29, 0.717) is 10.8 Å². The van der Waals surface area contributed by atoms with Crippen LogP contribution in [0.25, 0.3) is 0 Å². The van der Waals surface area contributed by atoms with E-state index in [0.717, 1.165) is 60.4 Å². The summed E-state index contributed by atoms with van der Waals surface area (Å²) < 4.78 is 0. The molecule has 4 aliphatic carbocycles. The lowest BCUT2D eigenvalue weighted by molar-refractivity contribution is -0.0574. The van der Waals surface area contributed by atoms with Gasteiger partial charge in [-0.3, -0.25) is 4.90 Å². The van der Waals surface area contributed by atoms with Gasteiger partial charge in [0.15, 0.2) is 0 Å². The summed E-state index contributed by atoms with van der Waals surface area (Å²) in [4.78, 5) is 3.02. The number of aliphatic hydroxyl groups excluding tert-OH is 1. The van der Waals surface area contributed by atoms with Gasteiger partial charge in [-0.05, 0) is 104 Å². The fourth-order valence-electron chi connectivity index (χ4n) is 10.4. The second-order valence-electron chi connectivity index (χ2n) is 12.8. The molecule has 2 heterocycles. The standard InChI is InChI=1S/C27H43NO/c1-16-5-8-23-17(2)25-24(28(23)15-16)14-22-20-7-6-18-13-19(29)9-11-26(18,3)21(20)10-12-27(22,25)4/h6,16-17,19-25,29H,5,7-15H2,1-4H3/t16-,17+,19+,20+,21-,22-,23-,24-,25-,26+,27+/m1/s1. The number of fused-ring (bicyclic) bond motifs is 9. The van der Waals surface area contributed by atoms with Gasteiger partial charge in [0.2, 0.25) is 0 Å². The predicted octanol–water partition coefficient (Wildman–Crippen LogP) is 5.66. The van der Waals surface area contributed by atoms with Gasteiger partial charge in [0.25, 0.3) is 0 Å². The fraction of sp³-hybridized carbons (Fsp3) is 0.926. The molecule has 1 N–H and O–H groups in total. The van der Waals surface area contributed by atoms with Gasteiger partial charge < -0.3 is 5.11 Å². The Kier molecular flexibility index (Phi) is 4.23. The minimum atomic E-state index is -0.0792. The second-order valence-corrected chi connectivity index (χ2v) is 12.8. The number of hydrogen-bond donors (Lipinski definition) is 1. The van der Waals surface area contributed by atoms with E-state index in [1.807, 2.05) is 0 Å². The maximum atomic E-state index is 10.3. The summed E-state index contributed by atoms with van der Waals surface area (Å²) in [6.45, 7) is 11.8. The number of hydrogen-bond acceptors (Lipinski definition) is 2. The summed E-state index contributed by atoms with van der Waals surface area (Å²) >= 11 is 0. The van der Waals surface area contributed by atoms with Crippen LogP contribution < -0.4 is 0 Å². The van der Waals surface area contributed by atoms with Gasteiger partial charge >= 0.3 is 0 Å². The van der Waals surface area contributed by atoms with Crippen LogP contribution >= 0.6 is 0 Å². The normalized spacial score (nSPS) is 59.2. The molecule has 0 amide bonds. The zero-order valence-corrected chi connectivity index (χ0v) is 19.2. The van der Waals surface area contributed by atoms with E-state index >= 15 is 0 Å². The van der Waals surface area contributed by atoms with Crippen molar-refractivity contribution >= 4 is 0 Å². The number of allylic oxidation sites excluding steroid dienone is 1. The van der Waals surface area contributed by atoms with E-state index in [1.54, 1.807) is 5.57 Å². The summed E-state index contributed by atoms with van der Waals surface area (Å²) in [6, 6.07) is 1.75. The maximum Gasteiger partial charge on any atom is 0.0577 e. The Morgan fingerprint density at radius 2 is 1.83 bits per heavy atom. The highest BCUT2D eigenvalue weighted by Crippen LogP contribution is 2.69. The topological polar surface area (TPSA) is 23.5 Å². The van der Waals surface area contributed by atoms with Crippen LogP contribution in [0.4, 0.5) is 0 Å². The molecule has 6 aliphatic rings. The van der Waals surface area contributed by atoms with Gasteiger partial charge in [-0.15, -0.1) is 0 Å². The molecule has 2 aliphatic heterocycles. The molecule has 0 radical (unpaired) electrons. The van der Waals surface area contributed by atoms with Crippen molar-refractivity contribution in [1.82, 2.24) is 4.90 Å². The van der Waals surface area contributed by atoms with E-state index in [-0.39, 0.29) is 6.10 Å². The number of rotatable bonds is 0. The molecule has 5 fully saturated rings. The lowest BCUT2D eigenvalue weighted by atomic mass is 9.47. The molecule has 3 saturated carbocycles. The molecule has 162 valence electrons. The Balaban J connectivity index is 1.33. The molecule has 0 aromatic heterocycles. The molecule has 0 spiro atoms. The largest absolute Gasteiger partial charge is 0.393 e. The maximum absolute atomic E-state index is 10.3. The molecule has 29 heavy (non-hydrogen) atoms. The molecule has 6 rings (SSSR count). The van der Waals surface area contributed by atoms with Gasteiger partial charge in [-0.25, -0.2) is 0 Å². The first-order valence-electron chi connectivity index (χ1n) is 13.0. The highest BCUT2D eigenvalue weighted by molar-refractivity contribution is 5.26. The van der Waals surface area contributed by atoms with Crippen molar-refractivity contribution in [2.75, 3.05) is 6.54 Å². The van der Waals surface area contributed by atoms with Gasteiger partial charge in [0, 0.05) is 18.6 Å². The van der Waals surface area contributed by atoms with Crippen molar-refractivity contribution in [2.24, 2.45) is 46.3 Å². The first kappa shape index (κ1) is 19.4. The molecule has 0 unspecified atom stereocenters. The first-order valence-corrected chi connectivity index (χ1v) is 13.0. The Bertz CT molecular complexity index is 715. The minimum Gasteiger partial charge on any atom is -0.393 e. The van der Waals surface area contributed by atoms with Crippen LogP contribution in [-0.2, 0) is 0 Å². The summed E-state index contributed by atoms with van der Waals surface area (Å²) in [7, 11) is 0. The highest BCUT2D eigenvalue weighted by Gasteiger charge is 2.66. The third kappa shape index (κ3) is 2.48. The molecule has 2 saturated heterocycles. The summed E-state index contributed by atoms with van der Waals surface area (Å²) in [5.74, 6) is 5.44. The summed E-state index contributed by atoms with van der Waals surface area (Å²) in [5, 5.41) is 10.3. The Morgan fingerprint density at radius 1 is 1.00 bits per heavy atom. The molecule has 0 bridgehead atoms. The van der Waals surface area contributed by atoms with Crippen LogP contribution in [0.3, 0.4) is 0 Å². The minimum absolute atomic E-state index is 0.0792. The van der Waals surface area contributed by atoms with Crippen LogP contribution in [-0.4, -0.2) is 34.7 Å². The Morgan fingerprint density at radius 3 is 2.66 bits per heavy atom. The van der Waals surface area contributed by atoms with Crippen molar-refractivity contribution in [2.45, 2.75) is 104 Å². The molecule has 2 heteroatoms. The molecule has 0 aromatic carbocycles. The van der Waals surface area contributed by atoms with Gasteiger partial charge in [-0.2, -0.15) is 0 Å². The smallest absolute Gasteiger partial charge is 0.0577 e. The van der Waals surface area contributed by atoms with Gasteiger partial charge in [-0.1, -0.05) is 39.3 Å². The zero-order valence-electron chi connectivity index (χ0n) is 19.2. The third-order valence-corrected chi connectivity index (χ3v) is 11.7. The molecule has 11 atom stereocenters. The Labute approximate surface area is 178 Å². The number of nitrogens with zero attached hydrogens (tertiary/aromatic N) is 1. The van der Waals surface area contributed by atoms with Crippen LogP contribution in [0.15, 0.2) is 11.6 Å². The third-order valence-electron chi connectivity index (χ3n) is 11.7. The average molecular weight is 398 g/mol. The molecule has 2 nitrogen and oxygen atoms in total. The molecular weight excluding hydrogens is 354 g/mol. The van der Waals surface area contributed by atoms with Crippen molar-refractivity contribution in [3.8, 4) is 0 Å². The quantitative estimate of drug-likeness (QED) is 0.534. The predicted molar refractivity (Wildman–Crippen MR) is 118 cm³/mol. The van der Waals surface area contributed by atoms with Gasteiger partial charge in [0.05, 0.1) is 6.10 Å². The SMILES string of the molecule is C[C@@H]1CC[C@@H]2[C@H](C)[C@@H]3[C@@H](C[C@@H]4[C@H]5CC=C6C[C@@H](O)CC[C@]6(C)[C@@H]5CC[C@]34C)N2C1. The fourth-order valence-corrected chi connectivity index (χ4v) is 10.4. The molecule has 0 aromatic rings. The van der Waals surface area contributed by atoms with Crippen LogP contribution in [0.2, 0.25) is 0 Å². The van der Waals surface area contributed by atoms with E-state index in [4.69, 9.17) is 0 Å². The molecular formula is C27H43NO. The summed E-state index contributed by atoms with van der Waals surface area (Å²) in [5.41, 5.74) is 2.58. The van der Waals surface area contributed by atoms with E-state index in [1.165, 1.54) is 51.5 Å². The van der Waals surface area contributed by atoms with Crippen LogP contribution in [0, 0.1) is 46.3 Å². The average Bonchev–Trinajstić information content (AvgIpc) is 3.15. The van der Waals surface area contributed by atoms with Crippen molar-refractivity contribution < 1.29 is 5.11 Å². The Hall–Kier alpha value is -0.340. The van der Waals surface area contributed by atoms with E-state index in [9.17, 15) is 5.11 Å².